The number of hydrogen-bond donors (Lipinski definition) is 1. The zero-order chi connectivity index (χ0) is 8.43. The minimum Gasteiger partial charge on any atom is -0.398 e. The number of rotatable bonds is 1. The van der Waals surface area contributed by atoms with Gasteiger partial charge < -0.3 is 5.73 Å². The first-order valence-electron chi connectivity index (χ1n) is 3.04. The molecule has 0 spiro atoms. The van der Waals surface area contributed by atoms with E-state index in [-0.39, 0.29) is 5.78 Å². The van der Waals surface area contributed by atoms with Crippen molar-refractivity contribution in [3.8, 4) is 0 Å². The van der Waals surface area contributed by atoms with Gasteiger partial charge in [0.25, 0.3) is 0 Å². The first-order valence-corrected chi connectivity index (χ1v) is 4.11. The lowest BCUT2D eigenvalue weighted by Gasteiger charge is -2.01. The highest BCUT2D eigenvalue weighted by Crippen LogP contribution is 2.16. The van der Waals surface area contributed by atoms with Gasteiger partial charge in [-0.15, -0.1) is 0 Å². The molecule has 0 fully saturated rings. The van der Waals surface area contributed by atoms with Crippen LogP contribution in [0.4, 0.5) is 5.69 Å². The van der Waals surface area contributed by atoms with Crippen LogP contribution in [0.3, 0.4) is 0 Å². The van der Waals surface area contributed by atoms with Gasteiger partial charge in [0.2, 0.25) is 0 Å². The molecule has 0 bridgehead atoms. The molecule has 0 aliphatic rings. The van der Waals surface area contributed by atoms with Crippen LogP contribution in [0.25, 0.3) is 0 Å². The quantitative estimate of drug-likeness (QED) is 0.473. The lowest BCUT2D eigenvalue weighted by molar-refractivity contribution is 0.101. The summed E-state index contributed by atoms with van der Waals surface area (Å²) >= 11 is 1.99. The molecule has 0 amide bonds. The number of aromatic nitrogens is 1. The van der Waals surface area contributed by atoms with Crippen LogP contribution in [0.2, 0.25) is 0 Å². The topological polar surface area (TPSA) is 56.0 Å². The highest BCUT2D eigenvalue weighted by atomic mass is 127. The van der Waals surface area contributed by atoms with Gasteiger partial charge >= 0.3 is 0 Å². The molecule has 0 saturated heterocycles. The minimum absolute atomic E-state index is 0.0417. The number of carbonyl (C=O) groups is 1. The Morgan fingerprint density at radius 2 is 2.36 bits per heavy atom. The lowest BCUT2D eigenvalue weighted by Crippen LogP contribution is -2.03. The third kappa shape index (κ3) is 1.68. The normalized spacial score (nSPS) is 9.64. The van der Waals surface area contributed by atoms with Crippen molar-refractivity contribution in [1.82, 2.24) is 4.98 Å². The van der Waals surface area contributed by atoms with Crippen LogP contribution in [0, 0.1) is 3.70 Å². The van der Waals surface area contributed by atoms with Crippen LogP contribution in [-0.2, 0) is 0 Å². The van der Waals surface area contributed by atoms with E-state index in [1.807, 2.05) is 22.6 Å². The highest BCUT2D eigenvalue weighted by Gasteiger charge is 2.08. The number of ketones is 1. The molecule has 0 unspecified atom stereocenters. The molecular weight excluding hydrogens is 255 g/mol. The van der Waals surface area contributed by atoms with Gasteiger partial charge in [-0.1, -0.05) is 0 Å². The standard InChI is InChI=1S/C7H7IN2O/c1-4(11)6-5(9)2-3-10-7(6)8/h2-3H,1H3,(H2,9,10). The summed E-state index contributed by atoms with van der Waals surface area (Å²) < 4.78 is 0.662. The van der Waals surface area contributed by atoms with E-state index in [9.17, 15) is 4.79 Å². The molecule has 11 heavy (non-hydrogen) atoms. The monoisotopic (exact) mass is 262 g/mol. The van der Waals surface area contributed by atoms with E-state index in [4.69, 9.17) is 5.73 Å². The fourth-order valence-electron chi connectivity index (χ4n) is 0.799. The molecule has 0 atom stereocenters. The van der Waals surface area contributed by atoms with Crippen molar-refractivity contribution >= 4 is 34.1 Å². The molecule has 0 aliphatic carbocycles. The molecule has 0 aromatic carbocycles. The third-order valence-corrected chi connectivity index (χ3v) is 2.11. The third-order valence-electron chi connectivity index (χ3n) is 1.29. The Morgan fingerprint density at radius 1 is 1.73 bits per heavy atom. The Bertz CT molecular complexity index is 278. The number of hydrogen-bond acceptors (Lipinski definition) is 3. The van der Waals surface area contributed by atoms with Gasteiger partial charge in [-0.05, 0) is 35.6 Å². The summed E-state index contributed by atoms with van der Waals surface area (Å²) in [5.41, 5.74) is 6.58. The van der Waals surface area contributed by atoms with Gasteiger partial charge in [0, 0.05) is 11.9 Å². The smallest absolute Gasteiger partial charge is 0.164 e. The maximum absolute atomic E-state index is 11.0. The number of nitrogen functional groups attached to an aromatic ring is 1. The molecule has 1 aromatic rings. The fourth-order valence-corrected chi connectivity index (χ4v) is 1.65. The Labute approximate surface area is 78.1 Å². The summed E-state index contributed by atoms with van der Waals surface area (Å²) in [6.07, 6.45) is 1.59. The molecule has 1 heterocycles. The van der Waals surface area contributed by atoms with Gasteiger partial charge in [-0.2, -0.15) is 0 Å². The van der Waals surface area contributed by atoms with Crippen molar-refractivity contribution < 1.29 is 4.79 Å². The molecule has 4 heteroatoms. The number of Topliss-reactive ketones (excluding diaryl/α,β-unsaturated/α-hetero) is 1. The summed E-state index contributed by atoms with van der Waals surface area (Å²) in [5, 5.41) is 0. The van der Waals surface area contributed by atoms with Gasteiger partial charge in [-0.3, -0.25) is 4.79 Å². The van der Waals surface area contributed by atoms with E-state index in [0.717, 1.165) is 0 Å². The summed E-state index contributed by atoms with van der Waals surface area (Å²) in [5.74, 6) is -0.0417. The van der Waals surface area contributed by atoms with Gasteiger partial charge in [-0.25, -0.2) is 4.98 Å². The maximum atomic E-state index is 11.0. The highest BCUT2D eigenvalue weighted by molar-refractivity contribution is 14.1. The zero-order valence-electron chi connectivity index (χ0n) is 5.97. The molecule has 0 aliphatic heterocycles. The van der Waals surface area contributed by atoms with Crippen molar-refractivity contribution in [3.05, 3.63) is 21.5 Å². The van der Waals surface area contributed by atoms with Crippen LogP contribution in [0.15, 0.2) is 12.3 Å². The van der Waals surface area contributed by atoms with E-state index in [2.05, 4.69) is 4.98 Å². The summed E-state index contributed by atoms with van der Waals surface area (Å²) in [7, 11) is 0. The van der Waals surface area contributed by atoms with Gasteiger partial charge in [0.15, 0.2) is 5.78 Å². The fraction of sp³-hybridized carbons (Fsp3) is 0.143. The lowest BCUT2D eigenvalue weighted by atomic mass is 10.2. The Balaban J connectivity index is 3.32. The number of nitrogens with two attached hydrogens (primary N) is 1. The molecule has 0 saturated carbocycles. The van der Waals surface area contributed by atoms with Crippen LogP contribution in [0.1, 0.15) is 17.3 Å². The summed E-state index contributed by atoms with van der Waals surface area (Å²) in [6, 6.07) is 1.62. The Kier molecular flexibility index (Phi) is 2.43. The Morgan fingerprint density at radius 3 is 2.73 bits per heavy atom. The molecule has 0 radical (unpaired) electrons. The largest absolute Gasteiger partial charge is 0.398 e. The van der Waals surface area contributed by atoms with E-state index in [1.165, 1.54) is 6.92 Å². The van der Waals surface area contributed by atoms with Crippen molar-refractivity contribution in [2.45, 2.75) is 6.92 Å². The van der Waals surface area contributed by atoms with Crippen molar-refractivity contribution in [1.29, 1.82) is 0 Å². The van der Waals surface area contributed by atoms with Crippen LogP contribution >= 0.6 is 22.6 Å². The number of pyridine rings is 1. The average Bonchev–Trinajstić information content (AvgIpc) is 1.85. The average molecular weight is 262 g/mol. The molecule has 2 N–H and O–H groups in total. The van der Waals surface area contributed by atoms with Crippen molar-refractivity contribution in [3.63, 3.8) is 0 Å². The Hall–Kier alpha value is -0.650. The zero-order valence-corrected chi connectivity index (χ0v) is 8.12. The molecule has 1 aromatic heterocycles. The van der Waals surface area contributed by atoms with E-state index < -0.39 is 0 Å². The van der Waals surface area contributed by atoms with E-state index in [0.29, 0.717) is 15.0 Å². The van der Waals surface area contributed by atoms with Gasteiger partial charge in [0.05, 0.1) is 5.56 Å². The second-order valence-corrected chi connectivity index (χ2v) is 3.14. The molecule has 58 valence electrons. The second kappa shape index (κ2) is 3.17. The summed E-state index contributed by atoms with van der Waals surface area (Å²) in [6.45, 7) is 1.48. The predicted molar refractivity (Wildman–Crippen MR) is 51.4 cm³/mol. The molecular formula is C7H7IN2O. The number of halogens is 1. The minimum atomic E-state index is -0.0417. The van der Waals surface area contributed by atoms with Crippen molar-refractivity contribution in [2.75, 3.05) is 5.73 Å². The van der Waals surface area contributed by atoms with Crippen LogP contribution in [0.5, 0.6) is 0 Å². The van der Waals surface area contributed by atoms with Gasteiger partial charge in [0.1, 0.15) is 3.70 Å². The first-order chi connectivity index (χ1) is 5.13. The van der Waals surface area contributed by atoms with E-state index >= 15 is 0 Å². The maximum Gasteiger partial charge on any atom is 0.164 e. The van der Waals surface area contributed by atoms with Crippen LogP contribution in [-0.4, -0.2) is 10.8 Å². The van der Waals surface area contributed by atoms with Crippen molar-refractivity contribution in [2.24, 2.45) is 0 Å². The van der Waals surface area contributed by atoms with E-state index in [1.54, 1.807) is 12.3 Å². The van der Waals surface area contributed by atoms with Crippen LogP contribution < -0.4 is 5.73 Å². The predicted octanol–water partition coefficient (Wildman–Crippen LogP) is 1.47. The summed E-state index contributed by atoms with van der Waals surface area (Å²) in [4.78, 5) is 14.9. The molecule has 1 rings (SSSR count). The number of carbonyl (C=O) groups excluding carboxylic acids is 1. The molecule has 3 nitrogen and oxygen atoms in total. The first kappa shape index (κ1) is 8.45. The second-order valence-electron chi connectivity index (χ2n) is 2.12. The number of anilines is 1. The number of nitrogens with zero attached hydrogens (tertiary/aromatic N) is 1. The SMILES string of the molecule is CC(=O)c1c(N)ccnc1I.